The molecular formula is C30H30F3N3O5S. The van der Waals surface area contributed by atoms with Crippen molar-refractivity contribution in [1.82, 2.24) is 10.2 Å². The Balaban J connectivity index is 1.27. The lowest BCUT2D eigenvalue weighted by molar-refractivity contribution is -0.145. The van der Waals surface area contributed by atoms with E-state index in [0.29, 0.717) is 24.1 Å². The molecule has 1 aliphatic heterocycles. The van der Waals surface area contributed by atoms with E-state index < -0.39 is 46.8 Å². The average Bonchev–Trinajstić information content (AvgIpc) is 3.46. The Kier molecular flexibility index (Phi) is 10.5. The monoisotopic (exact) mass is 601 g/mol. The highest BCUT2D eigenvalue weighted by Crippen LogP contribution is 2.26. The standard InChI is InChI=1S/C30H30F3N3O5S/c31-23-16-25(33)24(32)14-20(23)13-21(34)15-27(37)36-10-11-42-29(36)28(38)35-17-19-6-8-22(9-7-19)41-26(30(39)40)12-18-4-2-1-3-5-18/h1-9,14,16,21,26,29H,10-13,15,17,34H2,(H,35,38)(H,39,40)/t21-,26-,29?/m1/s1. The van der Waals surface area contributed by atoms with Gasteiger partial charge in [-0.25, -0.2) is 18.0 Å². The molecule has 3 atom stereocenters. The van der Waals surface area contributed by atoms with Crippen molar-refractivity contribution in [2.75, 3.05) is 12.3 Å². The molecule has 0 bridgehead atoms. The highest BCUT2D eigenvalue weighted by atomic mass is 32.2. The molecular weight excluding hydrogens is 571 g/mol. The number of hydrogen-bond acceptors (Lipinski definition) is 6. The summed E-state index contributed by atoms with van der Waals surface area (Å²) < 4.78 is 46.3. The molecule has 4 rings (SSSR count). The van der Waals surface area contributed by atoms with Crippen LogP contribution in [0, 0.1) is 17.5 Å². The Morgan fingerprint density at radius 3 is 2.36 bits per heavy atom. The number of carboxylic acids is 1. The largest absolute Gasteiger partial charge is 0.478 e. The van der Waals surface area contributed by atoms with Crippen LogP contribution in [0.5, 0.6) is 5.75 Å². The third-order valence-electron chi connectivity index (χ3n) is 6.65. The summed E-state index contributed by atoms with van der Waals surface area (Å²) in [5, 5.41) is 11.6. The van der Waals surface area contributed by atoms with E-state index in [0.717, 1.165) is 17.2 Å². The lowest BCUT2D eigenvalue weighted by Crippen LogP contribution is -2.46. The number of amides is 2. The number of halogens is 3. The summed E-state index contributed by atoms with van der Waals surface area (Å²) in [6, 6.07) is 16.1. The molecule has 1 aliphatic rings. The van der Waals surface area contributed by atoms with Gasteiger partial charge >= 0.3 is 5.97 Å². The van der Waals surface area contributed by atoms with Crippen molar-refractivity contribution in [3.63, 3.8) is 0 Å². The van der Waals surface area contributed by atoms with Crippen molar-refractivity contribution in [2.45, 2.75) is 43.3 Å². The summed E-state index contributed by atoms with van der Waals surface area (Å²) in [4.78, 5) is 38.9. The summed E-state index contributed by atoms with van der Waals surface area (Å²) >= 11 is 1.30. The molecule has 1 unspecified atom stereocenters. The van der Waals surface area contributed by atoms with Crippen LogP contribution in [0.25, 0.3) is 0 Å². The van der Waals surface area contributed by atoms with Gasteiger partial charge in [0.25, 0.3) is 5.91 Å². The molecule has 0 radical (unpaired) electrons. The predicted molar refractivity (Wildman–Crippen MR) is 151 cm³/mol. The van der Waals surface area contributed by atoms with Crippen LogP contribution >= 0.6 is 11.8 Å². The van der Waals surface area contributed by atoms with Crippen molar-refractivity contribution in [1.29, 1.82) is 0 Å². The minimum absolute atomic E-state index is 0.134. The van der Waals surface area contributed by atoms with Crippen molar-refractivity contribution in [2.24, 2.45) is 5.73 Å². The van der Waals surface area contributed by atoms with Gasteiger partial charge in [-0.05, 0) is 41.3 Å². The molecule has 4 N–H and O–H groups in total. The predicted octanol–water partition coefficient (Wildman–Crippen LogP) is 3.66. The van der Waals surface area contributed by atoms with Gasteiger partial charge in [0.2, 0.25) is 5.91 Å². The van der Waals surface area contributed by atoms with Crippen LogP contribution in [0.4, 0.5) is 13.2 Å². The number of carboxylic acid groups (broad SMARTS) is 1. The smallest absolute Gasteiger partial charge is 0.345 e. The van der Waals surface area contributed by atoms with Crippen molar-refractivity contribution < 1.29 is 37.4 Å². The molecule has 0 spiro atoms. The van der Waals surface area contributed by atoms with E-state index in [-0.39, 0.29) is 37.3 Å². The van der Waals surface area contributed by atoms with Crippen LogP contribution in [-0.2, 0) is 33.8 Å². The molecule has 3 aromatic rings. The zero-order valence-electron chi connectivity index (χ0n) is 22.5. The average molecular weight is 602 g/mol. The molecule has 1 fully saturated rings. The molecule has 1 heterocycles. The number of nitrogens with two attached hydrogens (primary N) is 1. The number of thioether (sulfide) groups is 1. The highest BCUT2D eigenvalue weighted by molar-refractivity contribution is 8.00. The van der Waals surface area contributed by atoms with Gasteiger partial charge in [-0.15, -0.1) is 11.8 Å². The van der Waals surface area contributed by atoms with Gasteiger partial charge in [0, 0.05) is 43.8 Å². The van der Waals surface area contributed by atoms with E-state index >= 15 is 0 Å². The van der Waals surface area contributed by atoms with E-state index in [2.05, 4.69) is 5.32 Å². The summed E-state index contributed by atoms with van der Waals surface area (Å²) in [7, 11) is 0. The van der Waals surface area contributed by atoms with Gasteiger partial charge in [-0.2, -0.15) is 0 Å². The van der Waals surface area contributed by atoms with E-state index in [1.165, 1.54) is 16.7 Å². The number of rotatable bonds is 12. The summed E-state index contributed by atoms with van der Waals surface area (Å²) in [5.74, 6) is -4.40. The van der Waals surface area contributed by atoms with Crippen molar-refractivity contribution in [3.8, 4) is 5.75 Å². The molecule has 42 heavy (non-hydrogen) atoms. The van der Waals surface area contributed by atoms with Gasteiger partial charge in [0.15, 0.2) is 23.1 Å². The van der Waals surface area contributed by atoms with Crippen LogP contribution < -0.4 is 15.8 Å². The fraction of sp³-hybridized carbons (Fsp3) is 0.300. The Bertz CT molecular complexity index is 1410. The number of hydrogen-bond donors (Lipinski definition) is 3. The van der Waals surface area contributed by atoms with Crippen LogP contribution in [0.1, 0.15) is 23.1 Å². The van der Waals surface area contributed by atoms with Gasteiger partial charge in [-0.3, -0.25) is 9.59 Å². The Labute approximate surface area is 245 Å². The van der Waals surface area contributed by atoms with Crippen LogP contribution in [0.15, 0.2) is 66.7 Å². The second-order valence-electron chi connectivity index (χ2n) is 9.83. The summed E-state index contributed by atoms with van der Waals surface area (Å²) in [6.45, 7) is 0.493. The fourth-order valence-electron chi connectivity index (χ4n) is 4.49. The number of ether oxygens (including phenoxy) is 1. The molecule has 12 heteroatoms. The first-order chi connectivity index (χ1) is 20.1. The Morgan fingerprint density at radius 2 is 1.67 bits per heavy atom. The second-order valence-corrected chi connectivity index (χ2v) is 11.0. The second kappa shape index (κ2) is 14.2. The lowest BCUT2D eigenvalue weighted by atomic mass is 10.0. The quantitative estimate of drug-likeness (QED) is 0.271. The molecule has 0 saturated carbocycles. The number of carbonyl (C=O) groups is 3. The first-order valence-corrected chi connectivity index (χ1v) is 14.3. The SMILES string of the molecule is N[C@@H](CC(=O)N1CCSC1C(=O)NCc1ccc(O[C@H](Cc2ccccc2)C(=O)O)cc1)Cc1cc(F)c(F)cc1F. The van der Waals surface area contributed by atoms with Gasteiger partial charge < -0.3 is 25.8 Å². The van der Waals surface area contributed by atoms with Gasteiger partial charge in [-0.1, -0.05) is 42.5 Å². The topological polar surface area (TPSA) is 122 Å². The van der Waals surface area contributed by atoms with Crippen molar-refractivity contribution in [3.05, 3.63) is 101 Å². The van der Waals surface area contributed by atoms with Gasteiger partial charge in [0.1, 0.15) is 11.6 Å². The number of aliphatic carboxylic acids is 1. The van der Waals surface area contributed by atoms with E-state index in [4.69, 9.17) is 10.5 Å². The fourth-order valence-corrected chi connectivity index (χ4v) is 5.66. The Morgan fingerprint density at radius 1 is 0.976 bits per heavy atom. The normalized spacial score (nSPS) is 16.1. The number of nitrogens with one attached hydrogen (secondary N) is 1. The third kappa shape index (κ3) is 8.26. The van der Waals surface area contributed by atoms with Crippen LogP contribution in [0.3, 0.4) is 0 Å². The highest BCUT2D eigenvalue weighted by Gasteiger charge is 2.35. The third-order valence-corrected chi connectivity index (χ3v) is 7.85. The minimum Gasteiger partial charge on any atom is -0.478 e. The maximum absolute atomic E-state index is 14.0. The van der Waals surface area contributed by atoms with Crippen molar-refractivity contribution >= 4 is 29.5 Å². The maximum atomic E-state index is 14.0. The molecule has 0 aliphatic carbocycles. The van der Waals surface area contributed by atoms with E-state index in [1.807, 2.05) is 30.3 Å². The molecule has 8 nitrogen and oxygen atoms in total. The summed E-state index contributed by atoms with van der Waals surface area (Å²) in [6.07, 6.45) is -1.24. The number of benzene rings is 3. The van der Waals surface area contributed by atoms with Crippen LogP contribution in [-0.4, -0.2) is 57.6 Å². The molecule has 222 valence electrons. The van der Waals surface area contributed by atoms with Gasteiger partial charge in [0.05, 0.1) is 0 Å². The zero-order valence-corrected chi connectivity index (χ0v) is 23.3. The van der Waals surface area contributed by atoms with Crippen LogP contribution in [0.2, 0.25) is 0 Å². The molecule has 1 saturated heterocycles. The van der Waals surface area contributed by atoms with E-state index in [1.54, 1.807) is 24.3 Å². The molecule has 2 amide bonds. The number of carbonyl (C=O) groups excluding carboxylic acids is 2. The maximum Gasteiger partial charge on any atom is 0.345 e. The minimum atomic E-state index is -1.31. The zero-order chi connectivity index (χ0) is 30.2. The summed E-state index contributed by atoms with van der Waals surface area (Å²) in [5.41, 5.74) is 7.44. The number of nitrogens with zero attached hydrogens (tertiary/aromatic N) is 1. The first kappa shape index (κ1) is 30.9. The molecule has 0 aromatic heterocycles. The molecule has 3 aromatic carbocycles. The lowest BCUT2D eigenvalue weighted by Gasteiger charge is -2.24. The van der Waals surface area contributed by atoms with E-state index in [9.17, 15) is 32.7 Å². The first-order valence-electron chi connectivity index (χ1n) is 13.2. The Hall–Kier alpha value is -4.03.